The number of hydrogen-bond donors (Lipinski definition) is 2. The number of aryl methyl sites for hydroxylation is 2. The predicted molar refractivity (Wildman–Crippen MR) is 435 cm³/mol. The van der Waals surface area contributed by atoms with Crippen molar-refractivity contribution in [3.05, 3.63) is 272 Å². The van der Waals surface area contributed by atoms with E-state index in [9.17, 15) is 10.2 Å². The molecule has 1 fully saturated rings. The van der Waals surface area contributed by atoms with Crippen LogP contribution in [-0.2, 0) is 27.3 Å². The summed E-state index contributed by atoms with van der Waals surface area (Å²) in [4.78, 5) is 25.2. The number of para-hydroxylation sites is 3. The average Bonchev–Trinajstić information content (AvgIpc) is 1.60. The Morgan fingerprint density at radius 2 is 0.962 bits per heavy atom. The maximum Gasteiger partial charge on any atom is 0.153 e. The molecule has 522 valence electrons. The highest BCUT2D eigenvalue weighted by molar-refractivity contribution is 6.35. The fraction of sp³-hybridized carbons (Fsp3) is 0.169. The normalized spacial score (nSPS) is 12.4. The molecule has 105 heavy (non-hydrogen) atoms. The van der Waals surface area contributed by atoms with E-state index in [0.717, 1.165) is 60.8 Å². The minimum Gasteiger partial charge on any atom is -0.408 e. The second kappa shape index (κ2) is 30.8. The van der Waals surface area contributed by atoms with Crippen molar-refractivity contribution in [3.63, 3.8) is 0 Å². The minimum absolute atomic E-state index is 0.0787. The molecule has 6 aromatic carbocycles. The minimum atomic E-state index is 0.0787. The Bertz CT molecular complexity index is 6200. The maximum atomic E-state index is 9.28. The molecule has 1 aliphatic carbocycles. The molecule has 12 heterocycles. The van der Waals surface area contributed by atoms with Gasteiger partial charge in [-0.1, -0.05) is 102 Å². The zero-order valence-electron chi connectivity index (χ0n) is 60.3. The van der Waals surface area contributed by atoms with Gasteiger partial charge in [-0.3, -0.25) is 24.9 Å². The summed E-state index contributed by atoms with van der Waals surface area (Å²) >= 11 is 6.31. The van der Waals surface area contributed by atoms with Crippen LogP contribution in [0.15, 0.2) is 256 Å². The first kappa shape index (κ1) is 69.9. The van der Waals surface area contributed by atoms with Crippen LogP contribution in [0.2, 0.25) is 5.15 Å². The van der Waals surface area contributed by atoms with Crippen LogP contribution >= 0.6 is 11.6 Å². The van der Waals surface area contributed by atoms with Crippen molar-refractivity contribution < 1.29 is 14.9 Å². The lowest BCUT2D eigenvalue weighted by Gasteiger charge is -2.11. The first-order valence-corrected chi connectivity index (χ1v) is 35.7. The van der Waals surface area contributed by atoms with Crippen LogP contribution in [0.25, 0.3) is 143 Å². The Labute approximate surface area is 613 Å². The number of allylic oxidation sites excluding steroid dienone is 5. The highest BCUT2D eigenvalue weighted by atomic mass is 35.5. The van der Waals surface area contributed by atoms with Gasteiger partial charge in [-0.15, -0.1) is 0 Å². The van der Waals surface area contributed by atoms with Crippen molar-refractivity contribution in [1.82, 2.24) is 57.3 Å². The predicted octanol–water partition coefficient (Wildman–Crippen LogP) is 21.4. The number of aliphatic hydroxyl groups excluding tert-OH is 2. The van der Waals surface area contributed by atoms with Gasteiger partial charge < -0.3 is 42.4 Å². The van der Waals surface area contributed by atoms with Gasteiger partial charge in [0.2, 0.25) is 0 Å². The molecule has 1 aliphatic rings. The molecule has 0 aliphatic heterocycles. The number of aromatic nitrogens is 12. The van der Waals surface area contributed by atoms with Crippen LogP contribution in [0.3, 0.4) is 0 Å². The molecule has 18 aromatic rings. The number of rotatable bonds is 8. The molecule has 0 amide bonds. The molecule has 19 rings (SSSR count). The number of nitrogens with zero attached hydrogens (tertiary/aromatic N) is 12. The molecule has 0 atom stereocenters. The van der Waals surface area contributed by atoms with Crippen LogP contribution < -0.4 is 4.74 Å². The molecule has 0 unspecified atom stereocenters. The third-order valence-corrected chi connectivity index (χ3v) is 19.8. The molecule has 0 saturated heterocycles. The number of aliphatic hydroxyl groups is 2. The smallest absolute Gasteiger partial charge is 0.153 e. The summed E-state index contributed by atoms with van der Waals surface area (Å²) < 4.78 is 18.7. The Balaban J connectivity index is 0.000000106. The van der Waals surface area contributed by atoms with E-state index in [1.165, 1.54) is 111 Å². The molecule has 12 aromatic heterocycles. The fourth-order valence-corrected chi connectivity index (χ4v) is 14.7. The molecular formula is C89H81ClN12O3. The van der Waals surface area contributed by atoms with Crippen LogP contribution in [0.5, 0.6) is 5.75 Å². The van der Waals surface area contributed by atoms with Gasteiger partial charge in [-0.2, -0.15) is 0 Å². The highest BCUT2D eigenvalue weighted by Gasteiger charge is 2.27. The van der Waals surface area contributed by atoms with Crippen molar-refractivity contribution in [2.24, 2.45) is 14.1 Å². The topological polar surface area (TPSA) is 157 Å². The highest BCUT2D eigenvalue weighted by Crippen LogP contribution is 2.43. The van der Waals surface area contributed by atoms with Crippen molar-refractivity contribution in [2.45, 2.75) is 86.6 Å². The first-order chi connectivity index (χ1) is 51.3. The quantitative estimate of drug-likeness (QED) is 0.0859. The lowest BCUT2D eigenvalue weighted by Crippen LogP contribution is -1.99. The van der Waals surface area contributed by atoms with Gasteiger partial charge in [0.05, 0.1) is 88.3 Å². The van der Waals surface area contributed by atoms with E-state index in [1.807, 2.05) is 136 Å². The molecular weight excluding hydrogens is 1320 g/mol. The van der Waals surface area contributed by atoms with E-state index in [4.69, 9.17) is 16.3 Å². The molecule has 2 N–H and O–H groups in total. The van der Waals surface area contributed by atoms with E-state index in [1.54, 1.807) is 19.3 Å². The number of benzene rings is 6. The number of pyridine rings is 6. The van der Waals surface area contributed by atoms with E-state index < -0.39 is 0 Å². The zero-order chi connectivity index (χ0) is 72.8. The van der Waals surface area contributed by atoms with Gasteiger partial charge in [0.15, 0.2) is 5.15 Å². The van der Waals surface area contributed by atoms with Crippen molar-refractivity contribution in [1.29, 1.82) is 0 Å². The van der Waals surface area contributed by atoms with Crippen molar-refractivity contribution in [2.75, 3.05) is 0 Å². The van der Waals surface area contributed by atoms with Crippen LogP contribution in [0, 0.1) is 12.0 Å². The largest absolute Gasteiger partial charge is 0.408 e. The van der Waals surface area contributed by atoms with Gasteiger partial charge in [0, 0.05) is 169 Å². The van der Waals surface area contributed by atoms with E-state index in [-0.39, 0.29) is 13.2 Å². The zero-order valence-corrected chi connectivity index (χ0v) is 61.0. The second-order valence-corrected chi connectivity index (χ2v) is 26.7. The fourth-order valence-electron chi connectivity index (χ4n) is 14.5. The number of halogens is 1. The van der Waals surface area contributed by atoms with Gasteiger partial charge in [0.25, 0.3) is 0 Å². The molecule has 16 heteroatoms. The standard InChI is InChI=1S/C17H15ClN2.C15H14N2O.C15H16N2O.C15H12N2O.C15H14N2.C12H10N2/c1-3-6-12(2)11-20-15-8-5-4-7-13(15)14-9-10-19-17(18)16(14)20;18-9-10-1-4-14-13(7-10)12-5-6-16-8-15(12)17(14)11-2-3-11;1-10(2)17-14-4-3-11(9-18)7-13(14)12-5-6-16-8-15(12)17;1-3-8-18-11-4-5-14-13(9-11)12-6-7-16-10-15(12)17(14)2;1-3-11(2)17-14-7-5-4-6-12(14)13-8-9-16-10-15(13)17;1-14-11-5-3-2-4-9(11)10-6-7-13-8-12(10)14/h3-11H,1-2H3;1,4-8,11,18H,2-3,9H2;3-8,10,18H,9H2,1-2H3;4-7,9-10H,1-2H3;3-10H,1-2H3;2-8H,1H3/b6-3+,12-11-;;;;11-3+;. The first-order valence-electron chi connectivity index (χ1n) is 35.3. The Morgan fingerprint density at radius 3 is 1.54 bits per heavy atom. The van der Waals surface area contributed by atoms with E-state index in [0.29, 0.717) is 17.2 Å². The summed E-state index contributed by atoms with van der Waals surface area (Å²) in [5, 5.41) is 33.7. The summed E-state index contributed by atoms with van der Waals surface area (Å²) in [6.45, 7) is 14.5. The van der Waals surface area contributed by atoms with Crippen molar-refractivity contribution in [3.8, 4) is 17.8 Å². The lowest BCUT2D eigenvalue weighted by atomic mass is 10.1. The second-order valence-electron chi connectivity index (χ2n) is 26.4. The van der Waals surface area contributed by atoms with Crippen LogP contribution in [0.4, 0.5) is 0 Å². The van der Waals surface area contributed by atoms with Gasteiger partial charge in [-0.25, -0.2) is 4.98 Å². The van der Waals surface area contributed by atoms with Gasteiger partial charge >= 0.3 is 0 Å². The summed E-state index contributed by atoms with van der Waals surface area (Å²) in [5.41, 5.74) is 18.4. The molecule has 15 nitrogen and oxygen atoms in total. The Morgan fingerprint density at radius 1 is 0.505 bits per heavy atom. The van der Waals surface area contributed by atoms with Crippen LogP contribution in [0.1, 0.15) is 84.5 Å². The summed E-state index contributed by atoms with van der Waals surface area (Å²) in [6.07, 6.45) is 33.9. The summed E-state index contributed by atoms with van der Waals surface area (Å²) in [7, 11) is 4.12. The number of hydrogen-bond acceptors (Lipinski definition) is 9. The van der Waals surface area contributed by atoms with Gasteiger partial charge in [0.1, 0.15) is 11.9 Å². The summed E-state index contributed by atoms with van der Waals surface area (Å²) in [6, 6.07) is 56.8. The lowest BCUT2D eigenvalue weighted by molar-refractivity contribution is 0.282. The summed E-state index contributed by atoms with van der Waals surface area (Å²) in [5.74, 6) is 3.48. The third kappa shape index (κ3) is 13.7. The van der Waals surface area contributed by atoms with Crippen LogP contribution in [-0.4, -0.2) is 67.5 Å². The Kier molecular flexibility index (Phi) is 20.5. The molecule has 1 saturated carbocycles. The molecule has 0 radical (unpaired) electrons. The average molecular weight is 1400 g/mol. The monoisotopic (exact) mass is 1400 g/mol. The van der Waals surface area contributed by atoms with Crippen molar-refractivity contribution >= 4 is 154 Å². The van der Waals surface area contributed by atoms with E-state index in [2.05, 4.69) is 232 Å². The maximum absolute atomic E-state index is 9.28. The van der Waals surface area contributed by atoms with E-state index >= 15 is 0 Å². The molecule has 0 spiro atoms. The molecule has 0 bridgehead atoms. The SMILES string of the molecule is C/C=C(\C)n1c2ccccc2c2ccncc21.C/C=C/C(C)=C\n1c2ccccc2c2ccnc(Cl)c21.CC#COc1ccc2c(c1)c1ccncc1n2C.CC(C)n1c2ccc(CO)cc2c2ccncc21.Cn1c2ccccc2c2ccncc21.OCc1ccc2c(c1)c1ccncc1n2C1CC1. The number of fused-ring (bicyclic) bond motifs is 18. The third-order valence-electron chi connectivity index (χ3n) is 19.5. The number of ether oxygens (including phenoxy) is 1. The van der Waals surface area contributed by atoms with Gasteiger partial charge in [-0.05, 0) is 168 Å². The Hall–Kier alpha value is -12.2.